The molecule has 2 aliphatic rings. The van der Waals surface area contributed by atoms with E-state index in [0.717, 1.165) is 17.8 Å². The molecule has 1 heteroatoms. The van der Waals surface area contributed by atoms with Crippen molar-refractivity contribution in [2.75, 3.05) is 0 Å². The molecule has 0 heterocycles. The van der Waals surface area contributed by atoms with E-state index < -0.39 is 0 Å². The van der Waals surface area contributed by atoms with Crippen molar-refractivity contribution in [3.05, 3.63) is 0 Å². The lowest BCUT2D eigenvalue weighted by Crippen LogP contribution is -2.50. The lowest BCUT2D eigenvalue weighted by atomic mass is 9.64. The van der Waals surface area contributed by atoms with Crippen LogP contribution in [0.15, 0.2) is 0 Å². The zero-order chi connectivity index (χ0) is 11.6. The molecule has 2 aliphatic carbocycles. The van der Waals surface area contributed by atoms with Gasteiger partial charge in [-0.25, -0.2) is 0 Å². The smallest absolute Gasteiger partial charge is 0.0183 e. The molecule has 0 aromatic carbocycles. The predicted molar refractivity (Wildman–Crippen MR) is 70.3 cm³/mol. The van der Waals surface area contributed by atoms with E-state index in [4.69, 9.17) is 5.73 Å². The van der Waals surface area contributed by atoms with Crippen LogP contribution in [0.3, 0.4) is 0 Å². The average molecular weight is 223 g/mol. The normalized spacial score (nSPS) is 37.9. The molecule has 2 rings (SSSR count). The molecule has 0 unspecified atom stereocenters. The van der Waals surface area contributed by atoms with Gasteiger partial charge in [-0.3, -0.25) is 0 Å². The predicted octanol–water partition coefficient (Wildman–Crippen LogP) is 4.11. The molecule has 94 valence electrons. The first-order valence-electron chi connectivity index (χ1n) is 7.41. The highest BCUT2D eigenvalue weighted by Crippen LogP contribution is 2.42. The summed E-state index contributed by atoms with van der Waals surface area (Å²) in [5.41, 5.74) is 6.91. The van der Waals surface area contributed by atoms with E-state index in [1.165, 1.54) is 57.8 Å². The van der Waals surface area contributed by atoms with Crippen LogP contribution in [-0.2, 0) is 0 Å². The minimum absolute atomic E-state index is 0.214. The Balaban J connectivity index is 1.89. The Morgan fingerprint density at radius 1 is 0.938 bits per heavy atom. The Hall–Kier alpha value is -0.0400. The van der Waals surface area contributed by atoms with Crippen molar-refractivity contribution in [3.63, 3.8) is 0 Å². The summed E-state index contributed by atoms with van der Waals surface area (Å²) in [6.45, 7) is 4.74. The second-order valence-corrected chi connectivity index (χ2v) is 6.65. The largest absolute Gasteiger partial charge is 0.325 e. The van der Waals surface area contributed by atoms with Crippen molar-refractivity contribution >= 4 is 0 Å². The minimum Gasteiger partial charge on any atom is -0.325 e. The van der Waals surface area contributed by atoms with Crippen LogP contribution in [0.5, 0.6) is 0 Å². The quantitative estimate of drug-likeness (QED) is 0.749. The van der Waals surface area contributed by atoms with Crippen LogP contribution in [0.2, 0.25) is 0 Å². The van der Waals surface area contributed by atoms with Gasteiger partial charge in [0.1, 0.15) is 0 Å². The average Bonchev–Trinajstić information content (AvgIpc) is 2.31. The highest BCUT2D eigenvalue weighted by Gasteiger charge is 2.39. The van der Waals surface area contributed by atoms with Crippen LogP contribution in [0.1, 0.15) is 71.6 Å². The summed E-state index contributed by atoms with van der Waals surface area (Å²) in [6.07, 6.45) is 12.5. The van der Waals surface area contributed by atoms with E-state index in [1.807, 2.05) is 0 Å². The molecule has 0 atom stereocenters. The molecule has 0 aromatic heterocycles. The Morgan fingerprint density at radius 2 is 1.50 bits per heavy atom. The first kappa shape index (κ1) is 12.4. The maximum Gasteiger partial charge on any atom is 0.0183 e. The second kappa shape index (κ2) is 5.08. The van der Waals surface area contributed by atoms with Gasteiger partial charge in [-0.1, -0.05) is 33.1 Å². The molecule has 0 aliphatic heterocycles. The van der Waals surface area contributed by atoms with Crippen molar-refractivity contribution in [1.82, 2.24) is 0 Å². The Kier molecular flexibility index (Phi) is 3.94. The summed E-state index contributed by atoms with van der Waals surface area (Å²) >= 11 is 0. The van der Waals surface area contributed by atoms with E-state index in [0.29, 0.717) is 0 Å². The van der Waals surface area contributed by atoms with Gasteiger partial charge in [0, 0.05) is 5.54 Å². The van der Waals surface area contributed by atoms with E-state index in [1.54, 1.807) is 0 Å². The van der Waals surface area contributed by atoms with Gasteiger partial charge >= 0.3 is 0 Å². The van der Waals surface area contributed by atoms with Crippen molar-refractivity contribution in [2.24, 2.45) is 23.5 Å². The van der Waals surface area contributed by atoms with E-state index in [2.05, 4.69) is 13.8 Å². The van der Waals surface area contributed by atoms with Crippen LogP contribution in [0, 0.1) is 17.8 Å². The summed E-state index contributed by atoms with van der Waals surface area (Å²) in [7, 11) is 0. The summed E-state index contributed by atoms with van der Waals surface area (Å²) in [5.74, 6) is 2.64. The van der Waals surface area contributed by atoms with Crippen LogP contribution in [-0.4, -0.2) is 5.54 Å². The minimum atomic E-state index is 0.214. The number of hydrogen-bond acceptors (Lipinski definition) is 1. The first-order chi connectivity index (χ1) is 7.62. The molecular formula is C15H29N. The highest BCUT2D eigenvalue weighted by molar-refractivity contribution is 4.96. The number of rotatable bonds is 2. The summed E-state index contributed by atoms with van der Waals surface area (Å²) in [5, 5.41) is 0. The molecular weight excluding hydrogens is 194 g/mol. The van der Waals surface area contributed by atoms with Gasteiger partial charge in [-0.05, 0) is 56.3 Å². The van der Waals surface area contributed by atoms with Crippen LogP contribution in [0.4, 0.5) is 0 Å². The molecule has 16 heavy (non-hydrogen) atoms. The zero-order valence-electron chi connectivity index (χ0n) is 11.2. The molecule has 2 saturated carbocycles. The van der Waals surface area contributed by atoms with Crippen molar-refractivity contribution in [1.29, 1.82) is 0 Å². The van der Waals surface area contributed by atoms with Crippen molar-refractivity contribution in [3.8, 4) is 0 Å². The maximum atomic E-state index is 6.70. The molecule has 0 radical (unpaired) electrons. The van der Waals surface area contributed by atoms with E-state index in [-0.39, 0.29) is 5.54 Å². The Labute approximate surface area is 101 Å². The highest BCUT2D eigenvalue weighted by atomic mass is 14.8. The third kappa shape index (κ3) is 2.61. The van der Waals surface area contributed by atoms with Gasteiger partial charge in [0.25, 0.3) is 0 Å². The van der Waals surface area contributed by atoms with Gasteiger partial charge < -0.3 is 5.73 Å². The lowest BCUT2D eigenvalue weighted by molar-refractivity contribution is 0.115. The monoisotopic (exact) mass is 223 g/mol. The molecule has 0 spiro atoms. The molecule has 2 fully saturated rings. The van der Waals surface area contributed by atoms with Gasteiger partial charge in [0.2, 0.25) is 0 Å². The standard InChI is InChI=1S/C15H29N/c1-12(2)13-8-10-15(16,11-9-13)14-6-4-3-5-7-14/h12-14H,3-11,16H2,1-2H3. The lowest BCUT2D eigenvalue weighted by Gasteiger charge is -2.45. The first-order valence-corrected chi connectivity index (χ1v) is 7.41. The SMILES string of the molecule is CC(C)C1CCC(N)(C2CCCCC2)CC1. The van der Waals surface area contributed by atoms with Crippen molar-refractivity contribution in [2.45, 2.75) is 77.2 Å². The van der Waals surface area contributed by atoms with Crippen LogP contribution < -0.4 is 5.73 Å². The molecule has 0 amide bonds. The summed E-state index contributed by atoms with van der Waals surface area (Å²) in [6, 6.07) is 0. The molecule has 0 bridgehead atoms. The molecule has 0 saturated heterocycles. The van der Waals surface area contributed by atoms with E-state index >= 15 is 0 Å². The van der Waals surface area contributed by atoms with Gasteiger partial charge in [0.05, 0.1) is 0 Å². The number of hydrogen-bond donors (Lipinski definition) is 1. The number of nitrogens with two attached hydrogens (primary N) is 1. The fourth-order valence-corrected chi connectivity index (χ4v) is 3.93. The topological polar surface area (TPSA) is 26.0 Å². The van der Waals surface area contributed by atoms with E-state index in [9.17, 15) is 0 Å². The molecule has 1 nitrogen and oxygen atoms in total. The molecule has 0 aromatic rings. The van der Waals surface area contributed by atoms with Gasteiger partial charge in [-0.15, -0.1) is 0 Å². The fraction of sp³-hybridized carbons (Fsp3) is 1.00. The summed E-state index contributed by atoms with van der Waals surface area (Å²) in [4.78, 5) is 0. The third-order valence-corrected chi connectivity index (χ3v) is 5.32. The maximum absolute atomic E-state index is 6.70. The summed E-state index contributed by atoms with van der Waals surface area (Å²) < 4.78 is 0. The zero-order valence-corrected chi connectivity index (χ0v) is 11.2. The second-order valence-electron chi connectivity index (χ2n) is 6.65. The fourth-order valence-electron chi connectivity index (χ4n) is 3.93. The molecule has 2 N–H and O–H groups in total. The Morgan fingerprint density at radius 3 is 2.00 bits per heavy atom. The van der Waals surface area contributed by atoms with Crippen LogP contribution in [0.25, 0.3) is 0 Å². The third-order valence-electron chi connectivity index (χ3n) is 5.32. The van der Waals surface area contributed by atoms with Gasteiger partial charge in [-0.2, -0.15) is 0 Å². The Bertz CT molecular complexity index is 207. The van der Waals surface area contributed by atoms with Crippen molar-refractivity contribution < 1.29 is 0 Å². The van der Waals surface area contributed by atoms with Gasteiger partial charge in [0.15, 0.2) is 0 Å². The van der Waals surface area contributed by atoms with Crippen LogP contribution >= 0.6 is 0 Å².